The molecule has 1 N–H and O–H groups in total. The summed E-state index contributed by atoms with van der Waals surface area (Å²) in [6.07, 6.45) is 1.26. The minimum Gasteiger partial charge on any atom is -0.323 e. The molecule has 16 heavy (non-hydrogen) atoms. The van der Waals surface area contributed by atoms with Crippen LogP contribution < -0.4 is 4.72 Å². The first-order chi connectivity index (χ1) is 7.59. The average Bonchev–Trinajstić information content (AvgIpc) is 2.85. The second-order valence-corrected chi connectivity index (χ2v) is 6.26. The van der Waals surface area contributed by atoms with Gasteiger partial charge in [0.25, 0.3) is 10.0 Å². The van der Waals surface area contributed by atoms with Crippen molar-refractivity contribution < 1.29 is 13.2 Å². The summed E-state index contributed by atoms with van der Waals surface area (Å²) in [7, 11) is -3.51. The van der Waals surface area contributed by atoms with E-state index in [-0.39, 0.29) is 10.1 Å². The van der Waals surface area contributed by atoms with Crippen molar-refractivity contribution in [3.05, 3.63) is 24.2 Å². The van der Waals surface area contributed by atoms with Gasteiger partial charge in [-0.05, 0) is 17.9 Å². The topological polar surface area (TPSA) is 66.5 Å². The largest absolute Gasteiger partial charge is 0.323 e. The summed E-state index contributed by atoms with van der Waals surface area (Å²) in [5.41, 5.74) is 0. The van der Waals surface area contributed by atoms with Crippen molar-refractivity contribution in [2.24, 2.45) is 0 Å². The van der Waals surface area contributed by atoms with E-state index in [4.69, 9.17) is 0 Å². The number of rotatable bonds is 4. The van der Waals surface area contributed by atoms with Crippen LogP contribution in [0.2, 0.25) is 0 Å². The number of amides is 1. The van der Waals surface area contributed by atoms with Crippen LogP contribution >= 0.6 is 11.3 Å². The lowest BCUT2D eigenvalue weighted by Crippen LogP contribution is -2.33. The lowest BCUT2D eigenvalue weighted by molar-refractivity contribution is -0.126. The van der Waals surface area contributed by atoms with Gasteiger partial charge < -0.3 is 4.90 Å². The fraction of sp³-hybridized carbons (Fsp3) is 0.333. The zero-order valence-electron chi connectivity index (χ0n) is 8.42. The van der Waals surface area contributed by atoms with Gasteiger partial charge in [0.05, 0.1) is 0 Å². The van der Waals surface area contributed by atoms with Crippen LogP contribution in [-0.4, -0.2) is 25.8 Å². The van der Waals surface area contributed by atoms with Gasteiger partial charge in [0.15, 0.2) is 0 Å². The molecule has 1 aromatic heterocycles. The number of carbonyl (C=O) groups excluding carboxylic acids is 1. The van der Waals surface area contributed by atoms with Gasteiger partial charge in [0.1, 0.15) is 10.9 Å². The number of thiophene rings is 1. The smallest absolute Gasteiger partial charge is 0.251 e. The van der Waals surface area contributed by atoms with Crippen molar-refractivity contribution in [3.8, 4) is 0 Å². The molecule has 87 valence electrons. The highest BCUT2D eigenvalue weighted by atomic mass is 32.2. The van der Waals surface area contributed by atoms with Gasteiger partial charge >= 0.3 is 0 Å². The molecule has 5 nitrogen and oxygen atoms in total. The van der Waals surface area contributed by atoms with Crippen molar-refractivity contribution in [3.63, 3.8) is 0 Å². The molecule has 1 saturated heterocycles. The fourth-order valence-corrected chi connectivity index (χ4v) is 3.32. The minimum absolute atomic E-state index is 0.0473. The summed E-state index contributed by atoms with van der Waals surface area (Å²) in [5.74, 6) is -0.0473. The average molecular weight is 259 g/mol. The van der Waals surface area contributed by atoms with Crippen LogP contribution in [0.15, 0.2) is 21.7 Å². The van der Waals surface area contributed by atoms with Gasteiger partial charge in [-0.15, -0.1) is 11.3 Å². The summed E-state index contributed by atoms with van der Waals surface area (Å²) in [5, 5.41) is 1.69. The Kier molecular flexibility index (Phi) is 3.27. The summed E-state index contributed by atoms with van der Waals surface area (Å²) in [6, 6.07) is 3.19. The third-order valence-corrected chi connectivity index (χ3v) is 4.92. The maximum absolute atomic E-state index is 11.7. The maximum atomic E-state index is 11.7. The zero-order valence-corrected chi connectivity index (χ0v) is 10.1. The first-order valence-electron chi connectivity index (χ1n) is 4.78. The summed E-state index contributed by atoms with van der Waals surface area (Å²) < 4.78 is 25.9. The van der Waals surface area contributed by atoms with Crippen LogP contribution in [0.5, 0.6) is 0 Å². The Hall–Kier alpha value is -0.920. The van der Waals surface area contributed by atoms with Gasteiger partial charge in [0, 0.05) is 13.0 Å². The second-order valence-electron chi connectivity index (χ2n) is 3.37. The number of hydrogen-bond donors (Lipinski definition) is 1. The highest BCUT2D eigenvalue weighted by molar-refractivity contribution is 7.91. The first kappa shape index (κ1) is 11.6. The van der Waals surface area contributed by atoms with E-state index in [1.807, 2.05) is 0 Å². The number of nitrogens with zero attached hydrogens (tertiary/aromatic N) is 1. The van der Waals surface area contributed by atoms with Gasteiger partial charge in [-0.25, -0.2) is 8.42 Å². The minimum atomic E-state index is -3.51. The van der Waals surface area contributed by atoms with Crippen LogP contribution in [0, 0.1) is 6.67 Å². The molecule has 1 fully saturated rings. The molecule has 0 saturated carbocycles. The highest BCUT2D eigenvalue weighted by Gasteiger charge is 2.23. The Balaban J connectivity index is 1.98. The summed E-state index contributed by atoms with van der Waals surface area (Å²) in [6.45, 7) is 1.82. The molecule has 0 aromatic carbocycles. The predicted molar refractivity (Wildman–Crippen MR) is 59.9 cm³/mol. The zero-order chi connectivity index (χ0) is 11.6. The highest BCUT2D eigenvalue weighted by Crippen LogP contribution is 2.16. The maximum Gasteiger partial charge on any atom is 0.251 e. The lowest BCUT2D eigenvalue weighted by Gasteiger charge is -2.14. The van der Waals surface area contributed by atoms with E-state index in [9.17, 15) is 13.2 Å². The van der Waals surface area contributed by atoms with Crippen LogP contribution in [0.3, 0.4) is 0 Å². The third-order valence-electron chi connectivity index (χ3n) is 2.23. The standard InChI is InChI=1S/C9H11N2O3S2/c12-8-3-1-5-11(8)7-10-16(13,14)9-4-2-6-15-9/h2,4,6-7,10H,1,3,5H2. The third kappa shape index (κ3) is 2.42. The van der Waals surface area contributed by atoms with Crippen LogP contribution in [0.25, 0.3) is 0 Å². The number of carbonyl (C=O) groups is 1. The van der Waals surface area contributed by atoms with Crippen molar-refractivity contribution >= 4 is 27.3 Å². The van der Waals surface area contributed by atoms with Crippen molar-refractivity contribution in [1.29, 1.82) is 0 Å². The molecule has 2 rings (SSSR count). The molecular formula is C9H11N2O3S2. The first-order valence-corrected chi connectivity index (χ1v) is 7.14. The molecule has 7 heteroatoms. The summed E-state index contributed by atoms with van der Waals surface area (Å²) >= 11 is 1.14. The van der Waals surface area contributed by atoms with Crippen molar-refractivity contribution in [2.75, 3.05) is 6.54 Å². The molecule has 0 bridgehead atoms. The molecule has 0 aliphatic carbocycles. The Morgan fingerprint density at radius 1 is 1.50 bits per heavy atom. The molecule has 0 unspecified atom stereocenters. The number of nitrogens with one attached hydrogen (secondary N) is 1. The van der Waals surface area contributed by atoms with E-state index >= 15 is 0 Å². The number of sulfonamides is 1. The Bertz CT molecular complexity index is 467. The van der Waals surface area contributed by atoms with Gasteiger partial charge in [-0.3, -0.25) is 4.79 Å². The van der Waals surface area contributed by atoms with E-state index in [0.29, 0.717) is 13.0 Å². The second kappa shape index (κ2) is 4.52. The van der Waals surface area contributed by atoms with Crippen molar-refractivity contribution in [2.45, 2.75) is 17.1 Å². The molecule has 1 amide bonds. The van der Waals surface area contributed by atoms with Crippen LogP contribution in [0.4, 0.5) is 0 Å². The molecular weight excluding hydrogens is 248 g/mol. The Morgan fingerprint density at radius 3 is 2.88 bits per heavy atom. The van der Waals surface area contributed by atoms with Gasteiger partial charge in [0.2, 0.25) is 5.91 Å². The predicted octanol–water partition coefficient (Wildman–Crippen LogP) is 0.768. The number of hydrogen-bond acceptors (Lipinski definition) is 4. The molecule has 1 aliphatic heterocycles. The summed E-state index contributed by atoms with van der Waals surface area (Å²) in [4.78, 5) is 12.6. The van der Waals surface area contributed by atoms with Crippen LogP contribution in [0.1, 0.15) is 12.8 Å². The van der Waals surface area contributed by atoms with E-state index in [1.165, 1.54) is 17.6 Å². The van der Waals surface area contributed by atoms with Gasteiger partial charge in [-0.2, -0.15) is 4.72 Å². The SMILES string of the molecule is O=C1CCCN1[CH]NS(=O)(=O)c1cccs1. The Morgan fingerprint density at radius 2 is 2.31 bits per heavy atom. The molecule has 0 spiro atoms. The van der Waals surface area contributed by atoms with E-state index in [1.54, 1.807) is 11.4 Å². The monoisotopic (exact) mass is 259 g/mol. The quantitative estimate of drug-likeness (QED) is 0.868. The molecule has 1 aromatic rings. The van der Waals surface area contributed by atoms with E-state index in [2.05, 4.69) is 4.72 Å². The normalized spacial score (nSPS) is 17.0. The fourth-order valence-electron chi connectivity index (χ4n) is 1.41. The van der Waals surface area contributed by atoms with Crippen LogP contribution in [-0.2, 0) is 14.8 Å². The molecule has 2 heterocycles. The lowest BCUT2D eigenvalue weighted by atomic mass is 10.4. The van der Waals surface area contributed by atoms with Crippen molar-refractivity contribution in [1.82, 2.24) is 9.62 Å². The van der Waals surface area contributed by atoms with E-state index < -0.39 is 10.0 Å². The van der Waals surface area contributed by atoms with Gasteiger partial charge in [-0.1, -0.05) is 6.07 Å². The number of likely N-dealkylation sites (tertiary alicyclic amines) is 1. The molecule has 1 radical (unpaired) electrons. The molecule has 0 atom stereocenters. The van der Waals surface area contributed by atoms with E-state index in [0.717, 1.165) is 17.8 Å². The molecule has 1 aliphatic rings. The Labute approximate surface area is 98.1 Å².